The molecule has 0 radical (unpaired) electrons. The summed E-state index contributed by atoms with van der Waals surface area (Å²) in [5.41, 5.74) is -0.198. The third-order valence-electron chi connectivity index (χ3n) is 3.36. The number of carbonyl (C=O) groups is 2. The Hall–Kier alpha value is -1.26. The van der Waals surface area contributed by atoms with Gasteiger partial charge in [0.15, 0.2) is 0 Å². The molecule has 1 fully saturated rings. The molecule has 1 aliphatic rings. The molecule has 0 aromatic rings. The minimum atomic E-state index is -0.784. The zero-order chi connectivity index (χ0) is 13.8. The fourth-order valence-electron chi connectivity index (χ4n) is 2.49. The Bertz CT molecular complexity index is 315. The van der Waals surface area contributed by atoms with Crippen LogP contribution in [0.25, 0.3) is 0 Å². The van der Waals surface area contributed by atoms with Gasteiger partial charge in [-0.15, -0.1) is 0 Å². The summed E-state index contributed by atoms with van der Waals surface area (Å²) >= 11 is 0. The summed E-state index contributed by atoms with van der Waals surface area (Å²) in [6.45, 7) is 7.33. The number of likely N-dealkylation sites (tertiary alicyclic amines) is 1. The number of carboxylic acids is 1. The Labute approximate surface area is 109 Å². The summed E-state index contributed by atoms with van der Waals surface area (Å²) in [5.74, 6) is -0.684. The number of aliphatic carboxylic acids is 1. The summed E-state index contributed by atoms with van der Waals surface area (Å²) in [6.07, 6.45) is 2.90. The second-order valence-electron chi connectivity index (χ2n) is 5.76. The molecule has 0 aliphatic carbocycles. The highest BCUT2D eigenvalue weighted by Gasteiger charge is 2.30. The number of hydrogen-bond acceptors (Lipinski definition) is 2. The molecule has 0 aromatic heterocycles. The van der Waals surface area contributed by atoms with Gasteiger partial charge in [0.1, 0.15) is 0 Å². The zero-order valence-corrected chi connectivity index (χ0v) is 11.5. The van der Waals surface area contributed by atoms with E-state index in [1.807, 2.05) is 13.8 Å². The van der Waals surface area contributed by atoms with Crippen LogP contribution >= 0.6 is 0 Å². The van der Waals surface area contributed by atoms with Crippen molar-refractivity contribution in [2.24, 2.45) is 5.92 Å². The molecule has 5 nitrogen and oxygen atoms in total. The normalized spacial score (nSPS) is 19.9. The fourth-order valence-corrected chi connectivity index (χ4v) is 2.49. The molecule has 0 saturated carbocycles. The lowest BCUT2D eigenvalue weighted by molar-refractivity contribution is -0.138. The molecule has 2 amide bonds. The summed E-state index contributed by atoms with van der Waals surface area (Å²) in [4.78, 5) is 24.4. The molecule has 0 aromatic carbocycles. The van der Waals surface area contributed by atoms with E-state index in [1.165, 1.54) is 0 Å². The van der Waals surface area contributed by atoms with Crippen LogP contribution in [0.1, 0.15) is 46.5 Å². The molecule has 0 spiro atoms. The number of hydrogen-bond donors (Lipinski definition) is 2. The van der Waals surface area contributed by atoms with E-state index in [0.717, 1.165) is 19.3 Å². The average molecular weight is 256 g/mol. The van der Waals surface area contributed by atoms with Gasteiger partial charge >= 0.3 is 12.0 Å². The smallest absolute Gasteiger partial charge is 0.317 e. The van der Waals surface area contributed by atoms with Gasteiger partial charge in [0.2, 0.25) is 0 Å². The van der Waals surface area contributed by atoms with Crippen LogP contribution in [-0.2, 0) is 4.79 Å². The van der Waals surface area contributed by atoms with Crippen LogP contribution in [0.2, 0.25) is 0 Å². The van der Waals surface area contributed by atoms with Gasteiger partial charge in [0, 0.05) is 25.0 Å². The molecule has 1 rings (SSSR count). The highest BCUT2D eigenvalue weighted by Crippen LogP contribution is 2.20. The third-order valence-corrected chi connectivity index (χ3v) is 3.36. The standard InChI is InChI=1S/C13H24N2O3/c1-4-6-13(2,3)14-12(18)15-7-5-10(9-15)8-11(16)17/h10H,4-9H2,1-3H3,(H,14,18)(H,16,17). The first kappa shape index (κ1) is 14.8. The van der Waals surface area contributed by atoms with E-state index < -0.39 is 5.97 Å². The van der Waals surface area contributed by atoms with Crippen molar-refractivity contribution < 1.29 is 14.7 Å². The quantitative estimate of drug-likeness (QED) is 0.791. The van der Waals surface area contributed by atoms with Gasteiger partial charge < -0.3 is 15.3 Å². The van der Waals surface area contributed by atoms with Gasteiger partial charge in [-0.1, -0.05) is 13.3 Å². The van der Waals surface area contributed by atoms with Crippen molar-refractivity contribution in [3.8, 4) is 0 Å². The molecule has 1 unspecified atom stereocenters. The van der Waals surface area contributed by atoms with E-state index in [-0.39, 0.29) is 23.9 Å². The number of rotatable bonds is 5. The molecule has 1 atom stereocenters. The summed E-state index contributed by atoms with van der Waals surface area (Å²) in [5, 5.41) is 11.7. The third kappa shape index (κ3) is 4.55. The molecule has 1 saturated heterocycles. The van der Waals surface area contributed by atoms with Crippen LogP contribution in [0.15, 0.2) is 0 Å². The predicted molar refractivity (Wildman–Crippen MR) is 69.5 cm³/mol. The zero-order valence-electron chi connectivity index (χ0n) is 11.5. The highest BCUT2D eigenvalue weighted by molar-refractivity contribution is 5.75. The molecule has 5 heteroatoms. The molecule has 1 heterocycles. The minimum absolute atomic E-state index is 0.0682. The number of urea groups is 1. The van der Waals surface area contributed by atoms with E-state index >= 15 is 0 Å². The van der Waals surface area contributed by atoms with Crippen molar-refractivity contribution in [3.05, 3.63) is 0 Å². The van der Waals surface area contributed by atoms with Crippen molar-refractivity contribution >= 4 is 12.0 Å². The summed E-state index contributed by atoms with van der Waals surface area (Å²) in [6, 6.07) is -0.0682. The van der Waals surface area contributed by atoms with Crippen molar-refractivity contribution in [2.45, 2.75) is 52.0 Å². The van der Waals surface area contributed by atoms with Crippen LogP contribution in [0, 0.1) is 5.92 Å². The maximum atomic E-state index is 12.0. The Morgan fingerprint density at radius 2 is 2.11 bits per heavy atom. The topological polar surface area (TPSA) is 69.6 Å². The van der Waals surface area contributed by atoms with Crippen LogP contribution in [-0.4, -0.2) is 40.6 Å². The lowest BCUT2D eigenvalue weighted by Gasteiger charge is -2.29. The predicted octanol–water partition coefficient (Wildman–Crippen LogP) is 2.07. The Morgan fingerprint density at radius 1 is 1.44 bits per heavy atom. The van der Waals surface area contributed by atoms with Crippen LogP contribution in [0.4, 0.5) is 4.79 Å². The van der Waals surface area contributed by atoms with E-state index in [9.17, 15) is 9.59 Å². The Balaban J connectivity index is 2.42. The second kappa shape index (κ2) is 6.07. The number of carboxylic acid groups (broad SMARTS) is 1. The van der Waals surface area contributed by atoms with Crippen molar-refractivity contribution in [1.29, 1.82) is 0 Å². The van der Waals surface area contributed by atoms with E-state index in [1.54, 1.807) is 4.90 Å². The SMILES string of the molecule is CCCC(C)(C)NC(=O)N1CCC(CC(=O)O)C1. The number of amides is 2. The van der Waals surface area contributed by atoms with Gasteiger partial charge in [-0.25, -0.2) is 4.79 Å². The molecule has 2 N–H and O–H groups in total. The average Bonchev–Trinajstić information content (AvgIpc) is 2.64. The Kier molecular flexibility index (Phi) is 4.99. The highest BCUT2D eigenvalue weighted by atomic mass is 16.4. The van der Waals surface area contributed by atoms with Crippen molar-refractivity contribution in [3.63, 3.8) is 0 Å². The maximum Gasteiger partial charge on any atom is 0.317 e. The van der Waals surface area contributed by atoms with Gasteiger partial charge in [0.25, 0.3) is 0 Å². The molecule has 0 bridgehead atoms. The van der Waals surface area contributed by atoms with E-state index in [0.29, 0.717) is 13.1 Å². The molecular weight excluding hydrogens is 232 g/mol. The van der Waals surface area contributed by atoms with Gasteiger partial charge in [0.05, 0.1) is 0 Å². The Morgan fingerprint density at radius 3 is 2.67 bits per heavy atom. The van der Waals surface area contributed by atoms with Gasteiger partial charge in [-0.2, -0.15) is 0 Å². The van der Waals surface area contributed by atoms with Gasteiger partial charge in [-0.3, -0.25) is 4.79 Å². The second-order valence-corrected chi connectivity index (χ2v) is 5.76. The van der Waals surface area contributed by atoms with Crippen molar-refractivity contribution in [2.75, 3.05) is 13.1 Å². The first-order chi connectivity index (χ1) is 8.34. The van der Waals surface area contributed by atoms with E-state index in [4.69, 9.17) is 5.11 Å². The van der Waals surface area contributed by atoms with Crippen LogP contribution in [0.3, 0.4) is 0 Å². The van der Waals surface area contributed by atoms with Crippen LogP contribution in [0.5, 0.6) is 0 Å². The van der Waals surface area contributed by atoms with E-state index in [2.05, 4.69) is 12.2 Å². The van der Waals surface area contributed by atoms with Crippen molar-refractivity contribution in [1.82, 2.24) is 10.2 Å². The summed E-state index contributed by atoms with van der Waals surface area (Å²) in [7, 11) is 0. The lowest BCUT2D eigenvalue weighted by Crippen LogP contribution is -2.49. The number of nitrogens with one attached hydrogen (secondary N) is 1. The molecule has 104 valence electrons. The molecular formula is C13H24N2O3. The maximum absolute atomic E-state index is 12.0. The molecule has 18 heavy (non-hydrogen) atoms. The minimum Gasteiger partial charge on any atom is -0.481 e. The first-order valence-electron chi connectivity index (χ1n) is 6.63. The van der Waals surface area contributed by atoms with Gasteiger partial charge in [-0.05, 0) is 32.6 Å². The molecule has 1 aliphatic heterocycles. The summed E-state index contributed by atoms with van der Waals surface area (Å²) < 4.78 is 0. The fraction of sp³-hybridized carbons (Fsp3) is 0.846. The number of nitrogens with zero attached hydrogens (tertiary/aromatic N) is 1. The first-order valence-corrected chi connectivity index (χ1v) is 6.63. The van der Waals surface area contributed by atoms with Crippen LogP contribution < -0.4 is 5.32 Å². The number of carbonyl (C=O) groups excluding carboxylic acids is 1. The monoisotopic (exact) mass is 256 g/mol. The lowest BCUT2D eigenvalue weighted by atomic mass is 9.99. The largest absolute Gasteiger partial charge is 0.481 e.